The van der Waals surface area contributed by atoms with E-state index in [0.717, 1.165) is 4.88 Å². The largest absolute Gasteiger partial charge is 0.364 e. The van der Waals surface area contributed by atoms with Crippen LogP contribution in [0.1, 0.15) is 11.8 Å². The predicted octanol–water partition coefficient (Wildman–Crippen LogP) is 0.333. The number of nitrogens with one attached hydrogen (secondary N) is 10. The van der Waals surface area contributed by atoms with Crippen molar-refractivity contribution in [3.8, 4) is 0 Å². The molecule has 0 radical (unpaired) electrons. The molecule has 224 valence electrons. The molecule has 0 aliphatic heterocycles. The van der Waals surface area contributed by atoms with Gasteiger partial charge in [0.1, 0.15) is 5.10 Å². The van der Waals surface area contributed by atoms with E-state index in [4.69, 9.17) is 60.5 Å². The maximum Gasteiger partial charge on any atom is 0.268 e. The monoisotopic (exact) mass is 671 g/mol. The molecular formula is C19H34ClN13O2S5. The van der Waals surface area contributed by atoms with Crippen LogP contribution in [-0.4, -0.2) is 70.2 Å². The third kappa shape index (κ3) is 23.9. The van der Waals surface area contributed by atoms with Gasteiger partial charge in [-0.05, 0) is 55.8 Å². The van der Waals surface area contributed by atoms with E-state index < -0.39 is 5.03 Å². The minimum Gasteiger partial charge on any atom is -0.364 e. The molecule has 1 atom stereocenters. The molecule has 0 bridgehead atoms. The predicted molar refractivity (Wildman–Crippen MR) is 180 cm³/mol. The Morgan fingerprint density at radius 3 is 2.02 bits per heavy atom. The highest BCUT2D eigenvalue weighted by molar-refractivity contribution is 7.81. The fourth-order valence-corrected chi connectivity index (χ4v) is 3.05. The van der Waals surface area contributed by atoms with Gasteiger partial charge in [0.15, 0.2) is 29.9 Å². The Bertz CT molecular complexity index is 1010. The zero-order valence-electron chi connectivity index (χ0n) is 22.2. The summed E-state index contributed by atoms with van der Waals surface area (Å²) >= 11 is 26.3. The molecule has 1 unspecified atom stereocenters. The molecule has 0 aromatic carbocycles. The molecule has 0 fully saturated rings. The van der Waals surface area contributed by atoms with Crippen molar-refractivity contribution in [3.05, 3.63) is 51.0 Å². The maximum absolute atomic E-state index is 10.1. The first kappa shape index (κ1) is 39.0. The highest BCUT2D eigenvalue weighted by Crippen LogP contribution is 2.16. The lowest BCUT2D eigenvalue weighted by molar-refractivity contribution is -0.485. The lowest BCUT2D eigenvalue weighted by Gasteiger charge is -2.14. The third-order valence-corrected chi connectivity index (χ3v) is 5.72. The first-order valence-electron chi connectivity index (χ1n) is 11.0. The van der Waals surface area contributed by atoms with Gasteiger partial charge in [-0.15, -0.1) is 24.5 Å². The lowest BCUT2D eigenvalue weighted by Crippen LogP contribution is -2.50. The van der Waals surface area contributed by atoms with Gasteiger partial charge < -0.3 is 31.9 Å². The Morgan fingerprint density at radius 1 is 1.05 bits per heavy atom. The Balaban J connectivity index is 0. The number of hydrazine groups is 2. The van der Waals surface area contributed by atoms with Crippen LogP contribution in [-0.2, 0) is 6.54 Å². The molecule has 0 aliphatic rings. The number of aromatic nitrogens is 1. The minimum atomic E-state index is -0.779. The molecule has 15 nitrogen and oxygen atoms in total. The highest BCUT2D eigenvalue weighted by Gasteiger charge is 2.04. The van der Waals surface area contributed by atoms with E-state index in [1.54, 1.807) is 32.4 Å². The minimum absolute atomic E-state index is 0.0875. The van der Waals surface area contributed by atoms with Gasteiger partial charge in [-0.1, -0.05) is 23.8 Å². The summed E-state index contributed by atoms with van der Waals surface area (Å²) < 4.78 is 0.434. The second kappa shape index (κ2) is 24.8. The van der Waals surface area contributed by atoms with E-state index in [9.17, 15) is 10.1 Å². The normalized spacial score (nSPS) is 10.2. The molecular weight excluding hydrogens is 638 g/mol. The number of thiazole rings is 1. The van der Waals surface area contributed by atoms with Crippen LogP contribution in [0.4, 0.5) is 0 Å². The van der Waals surface area contributed by atoms with Gasteiger partial charge in [-0.3, -0.25) is 21.7 Å². The molecule has 0 saturated carbocycles. The Hall–Kier alpha value is -3.17. The van der Waals surface area contributed by atoms with Crippen molar-refractivity contribution >= 4 is 98.2 Å². The third-order valence-electron chi connectivity index (χ3n) is 3.53. The van der Waals surface area contributed by atoms with Crippen LogP contribution in [0.5, 0.6) is 0 Å². The average molecular weight is 672 g/mol. The van der Waals surface area contributed by atoms with Gasteiger partial charge in [0.05, 0.1) is 6.54 Å². The van der Waals surface area contributed by atoms with Gasteiger partial charge >= 0.3 is 0 Å². The second-order valence-corrected chi connectivity index (χ2v) is 9.85. The first-order chi connectivity index (χ1) is 18.9. The molecule has 0 spiro atoms. The molecule has 0 saturated heterocycles. The van der Waals surface area contributed by atoms with Crippen molar-refractivity contribution < 1.29 is 5.03 Å². The summed E-state index contributed by atoms with van der Waals surface area (Å²) in [6.45, 7) is 10.1. The molecule has 1 heterocycles. The summed E-state index contributed by atoms with van der Waals surface area (Å²) in [6.07, 6.45) is 5.06. The molecule has 40 heavy (non-hydrogen) atoms. The lowest BCUT2D eigenvalue weighted by atomic mass is 10.3. The van der Waals surface area contributed by atoms with Crippen LogP contribution >= 0.6 is 71.8 Å². The van der Waals surface area contributed by atoms with Crippen LogP contribution in [0, 0.1) is 10.1 Å². The molecule has 0 aliphatic carbocycles. The second-order valence-electron chi connectivity index (χ2n) is 6.52. The maximum atomic E-state index is 10.1. The van der Waals surface area contributed by atoms with Crippen molar-refractivity contribution in [2.45, 2.75) is 19.5 Å². The molecule has 1 aromatic heterocycles. The van der Waals surface area contributed by atoms with E-state index in [2.05, 4.69) is 76.8 Å². The fraction of sp³-hybridized carbons (Fsp3) is 0.368. The van der Waals surface area contributed by atoms with E-state index in [1.165, 1.54) is 18.4 Å². The summed E-state index contributed by atoms with van der Waals surface area (Å²) in [7, 11) is 4.98. The quantitative estimate of drug-likeness (QED) is 0.0476. The number of nitro groups is 1. The van der Waals surface area contributed by atoms with Crippen LogP contribution in [0.2, 0.25) is 4.47 Å². The van der Waals surface area contributed by atoms with Crippen LogP contribution in [0.25, 0.3) is 0 Å². The fourth-order valence-electron chi connectivity index (χ4n) is 1.65. The molecule has 1 rings (SSSR count). The molecule has 1 aromatic rings. The number of nitrogens with zero attached hydrogens (tertiary/aromatic N) is 3. The van der Waals surface area contributed by atoms with E-state index in [1.807, 2.05) is 6.92 Å². The number of thiocarbonyl (C=S) groups is 4. The Kier molecular flexibility index (Phi) is 24.2. The standard InChI is InChI=1S/C7H14N4S2.C6H8ClN5O2S.C6H12N4S2/c1-4-5(2)9-7(13)11-10-6(12)8-3;1-8-6(11-12(13)14)10-3-4-2-9-5(7)15-4;1-3-4-8-6(12)10-9-5(11)7-2/h4-5H,1H2,2-3H3,(H2,8,10,12)(H2,9,11,13);2H,3H2,1H3,(H2,8,10,11);3H,1,4H2,2H3,(H2,7,9,11)(H2,8,10,12). The van der Waals surface area contributed by atoms with Gasteiger partial charge in [0, 0.05) is 44.8 Å². The zero-order valence-corrected chi connectivity index (χ0v) is 27.1. The smallest absolute Gasteiger partial charge is 0.268 e. The molecule has 10 N–H and O–H groups in total. The van der Waals surface area contributed by atoms with Gasteiger partial charge in [0.25, 0.3) is 5.96 Å². The highest BCUT2D eigenvalue weighted by atomic mass is 35.5. The summed E-state index contributed by atoms with van der Waals surface area (Å²) in [5, 5.41) is 30.9. The van der Waals surface area contributed by atoms with Crippen molar-refractivity contribution in [1.82, 2.24) is 58.6 Å². The number of halogens is 1. The van der Waals surface area contributed by atoms with E-state index in [0.29, 0.717) is 38.0 Å². The first-order valence-corrected chi connectivity index (χ1v) is 13.8. The van der Waals surface area contributed by atoms with Gasteiger partial charge in [-0.25, -0.2) is 15.1 Å². The van der Waals surface area contributed by atoms with Crippen molar-refractivity contribution in [3.63, 3.8) is 0 Å². The summed E-state index contributed by atoms with van der Waals surface area (Å²) in [4.78, 5) is 14.8. The number of hydrazone groups is 1. The summed E-state index contributed by atoms with van der Waals surface area (Å²) in [6, 6.07) is 0.130. The molecule has 21 heteroatoms. The van der Waals surface area contributed by atoms with E-state index in [-0.39, 0.29) is 12.0 Å². The van der Waals surface area contributed by atoms with Crippen LogP contribution in [0.3, 0.4) is 0 Å². The van der Waals surface area contributed by atoms with Gasteiger partial charge in [0.2, 0.25) is 0 Å². The SMILES string of the molecule is C=CC(C)NC(=S)NNC(=S)NC.C=CCNC(=S)NNC(=S)NC.CNC(=N[N+](=O)[O-])NCc1cnc(Cl)s1. The van der Waals surface area contributed by atoms with Crippen molar-refractivity contribution in [1.29, 1.82) is 0 Å². The number of rotatable bonds is 7. The summed E-state index contributed by atoms with van der Waals surface area (Å²) in [5.41, 5.74) is 10.8. The molecule has 0 amide bonds. The summed E-state index contributed by atoms with van der Waals surface area (Å²) in [5.74, 6) is 0.0875. The van der Waals surface area contributed by atoms with Crippen LogP contribution in [0.15, 0.2) is 36.6 Å². The zero-order chi connectivity index (χ0) is 30.9. The van der Waals surface area contributed by atoms with Gasteiger partial charge in [-0.2, -0.15) is 0 Å². The number of hydrogen-bond acceptors (Lipinski definition) is 8. The average Bonchev–Trinajstić information content (AvgIpc) is 3.36. The number of guanidine groups is 1. The Labute approximate surface area is 263 Å². The van der Waals surface area contributed by atoms with E-state index >= 15 is 0 Å². The van der Waals surface area contributed by atoms with Crippen molar-refractivity contribution in [2.24, 2.45) is 5.10 Å². The van der Waals surface area contributed by atoms with Crippen LogP contribution < -0.4 is 53.6 Å². The number of hydrogen-bond donors (Lipinski definition) is 10. The Morgan fingerprint density at radius 2 is 1.60 bits per heavy atom. The van der Waals surface area contributed by atoms with Crippen molar-refractivity contribution in [2.75, 3.05) is 27.7 Å². The topological polar surface area (TPSA) is 189 Å².